The van der Waals surface area contributed by atoms with Crippen LogP contribution in [0.3, 0.4) is 0 Å². The van der Waals surface area contributed by atoms with Crippen LogP contribution in [0.2, 0.25) is 0 Å². The lowest BCUT2D eigenvalue weighted by atomic mass is 10.2. The number of hydrogen-bond acceptors (Lipinski definition) is 7. The van der Waals surface area contributed by atoms with Crippen molar-refractivity contribution in [2.24, 2.45) is 0 Å². The minimum atomic E-state index is -0.377. The van der Waals surface area contributed by atoms with E-state index in [1.54, 1.807) is 36.8 Å². The van der Waals surface area contributed by atoms with Crippen molar-refractivity contribution in [2.75, 3.05) is 45.8 Å². The molecular weight excluding hydrogens is 444 g/mol. The first-order valence-corrected chi connectivity index (χ1v) is 11.8. The summed E-state index contributed by atoms with van der Waals surface area (Å²) in [6.07, 6.45) is 3.29. The first kappa shape index (κ1) is 26.3. The molecule has 33 heavy (non-hydrogen) atoms. The van der Waals surface area contributed by atoms with Gasteiger partial charge in [-0.25, -0.2) is 4.98 Å². The number of methoxy groups -OCH3 is 2. The van der Waals surface area contributed by atoms with Crippen LogP contribution in [-0.4, -0.2) is 68.1 Å². The van der Waals surface area contributed by atoms with Crippen molar-refractivity contribution < 1.29 is 23.9 Å². The van der Waals surface area contributed by atoms with E-state index in [4.69, 9.17) is 9.47 Å². The fourth-order valence-electron chi connectivity index (χ4n) is 2.98. The monoisotopic (exact) mass is 476 g/mol. The third-order valence-electron chi connectivity index (χ3n) is 4.77. The van der Waals surface area contributed by atoms with Crippen LogP contribution in [0.15, 0.2) is 29.6 Å². The SMILES string of the molecule is CCCCCNC(=O)Cc1csc(NC(=O)CN(CCOC)C(=O)c2ccc(OC)cc2)n1. The molecule has 0 spiro atoms. The number of nitrogens with zero attached hydrogens (tertiary/aromatic N) is 2. The van der Waals surface area contributed by atoms with Crippen molar-refractivity contribution in [3.63, 3.8) is 0 Å². The highest BCUT2D eigenvalue weighted by Crippen LogP contribution is 2.17. The first-order chi connectivity index (χ1) is 16.0. The Balaban J connectivity index is 1.91. The number of anilines is 1. The molecule has 0 saturated carbocycles. The molecule has 0 atom stereocenters. The molecule has 0 bridgehead atoms. The number of thiazole rings is 1. The zero-order chi connectivity index (χ0) is 24.1. The van der Waals surface area contributed by atoms with Gasteiger partial charge in [0.15, 0.2) is 5.13 Å². The summed E-state index contributed by atoms with van der Waals surface area (Å²) in [7, 11) is 3.09. The summed E-state index contributed by atoms with van der Waals surface area (Å²) < 4.78 is 10.2. The van der Waals surface area contributed by atoms with Crippen molar-refractivity contribution in [1.29, 1.82) is 0 Å². The summed E-state index contributed by atoms with van der Waals surface area (Å²) in [6.45, 7) is 3.17. The van der Waals surface area contributed by atoms with Crippen molar-refractivity contribution in [3.8, 4) is 5.75 Å². The molecule has 0 saturated heterocycles. The predicted molar refractivity (Wildman–Crippen MR) is 128 cm³/mol. The molecule has 2 N–H and O–H groups in total. The van der Waals surface area contributed by atoms with E-state index in [1.807, 2.05) is 0 Å². The number of carbonyl (C=O) groups excluding carboxylic acids is 3. The maximum atomic E-state index is 12.9. The molecule has 2 aromatic rings. The summed E-state index contributed by atoms with van der Waals surface area (Å²) in [5.41, 5.74) is 1.04. The van der Waals surface area contributed by atoms with Crippen LogP contribution in [0, 0.1) is 0 Å². The van der Waals surface area contributed by atoms with Crippen LogP contribution in [0.4, 0.5) is 5.13 Å². The number of aromatic nitrogens is 1. The zero-order valence-electron chi connectivity index (χ0n) is 19.4. The van der Waals surface area contributed by atoms with Gasteiger partial charge in [-0.15, -0.1) is 11.3 Å². The molecule has 1 heterocycles. The zero-order valence-corrected chi connectivity index (χ0v) is 20.2. The maximum absolute atomic E-state index is 12.9. The van der Waals surface area contributed by atoms with Crippen molar-refractivity contribution in [2.45, 2.75) is 32.6 Å². The van der Waals surface area contributed by atoms with Crippen LogP contribution < -0.4 is 15.4 Å². The summed E-state index contributed by atoms with van der Waals surface area (Å²) in [4.78, 5) is 43.2. The van der Waals surface area contributed by atoms with E-state index in [2.05, 4.69) is 22.5 Å². The molecule has 180 valence electrons. The molecule has 0 unspecified atom stereocenters. The van der Waals surface area contributed by atoms with Crippen LogP contribution in [-0.2, 0) is 20.7 Å². The van der Waals surface area contributed by atoms with Crippen LogP contribution in [0.25, 0.3) is 0 Å². The van der Waals surface area contributed by atoms with E-state index < -0.39 is 0 Å². The van der Waals surface area contributed by atoms with Crippen LogP contribution in [0.5, 0.6) is 5.75 Å². The smallest absolute Gasteiger partial charge is 0.254 e. The number of carbonyl (C=O) groups is 3. The lowest BCUT2D eigenvalue weighted by Gasteiger charge is -2.21. The summed E-state index contributed by atoms with van der Waals surface area (Å²) in [5.74, 6) is -0.116. The molecule has 0 aliphatic heterocycles. The van der Waals surface area contributed by atoms with E-state index in [1.165, 1.54) is 23.3 Å². The van der Waals surface area contributed by atoms with Gasteiger partial charge >= 0.3 is 0 Å². The Morgan fingerprint density at radius 2 is 1.85 bits per heavy atom. The number of ether oxygens (including phenoxy) is 2. The number of nitrogens with one attached hydrogen (secondary N) is 2. The van der Waals surface area contributed by atoms with Gasteiger partial charge in [-0.1, -0.05) is 19.8 Å². The van der Waals surface area contributed by atoms with Crippen molar-refractivity contribution in [3.05, 3.63) is 40.9 Å². The molecule has 10 heteroatoms. The van der Waals surface area contributed by atoms with E-state index in [0.29, 0.717) is 35.3 Å². The van der Waals surface area contributed by atoms with E-state index in [9.17, 15) is 14.4 Å². The number of benzene rings is 1. The average Bonchev–Trinajstić information content (AvgIpc) is 3.25. The second-order valence-electron chi connectivity index (χ2n) is 7.37. The van der Waals surface area contributed by atoms with Gasteiger partial charge in [0.2, 0.25) is 11.8 Å². The Kier molecular flexibility index (Phi) is 11.3. The lowest BCUT2D eigenvalue weighted by molar-refractivity contribution is -0.120. The van der Waals surface area contributed by atoms with E-state index >= 15 is 0 Å². The quantitative estimate of drug-likeness (QED) is 0.406. The van der Waals surface area contributed by atoms with Gasteiger partial charge < -0.3 is 25.0 Å². The lowest BCUT2D eigenvalue weighted by Crippen LogP contribution is -2.40. The van der Waals surface area contributed by atoms with E-state index in [-0.39, 0.29) is 37.2 Å². The van der Waals surface area contributed by atoms with Crippen LogP contribution >= 0.6 is 11.3 Å². The normalized spacial score (nSPS) is 10.5. The van der Waals surface area contributed by atoms with Gasteiger partial charge in [0.25, 0.3) is 5.91 Å². The summed E-state index contributed by atoms with van der Waals surface area (Å²) in [6, 6.07) is 6.69. The van der Waals surface area contributed by atoms with Gasteiger partial charge in [-0.2, -0.15) is 0 Å². The molecule has 0 fully saturated rings. The first-order valence-electron chi connectivity index (χ1n) is 10.9. The van der Waals surface area contributed by atoms with Gasteiger partial charge in [0, 0.05) is 31.1 Å². The standard InChI is InChI=1S/C23H32N4O5S/c1-4-5-6-11-24-20(28)14-18-16-33-23(25-18)26-21(29)15-27(12-13-31-2)22(30)17-7-9-19(32-3)10-8-17/h7-10,16H,4-6,11-15H2,1-3H3,(H,24,28)(H,25,26,29). The second-order valence-corrected chi connectivity index (χ2v) is 8.23. The number of rotatable bonds is 14. The molecule has 0 radical (unpaired) electrons. The van der Waals surface area contributed by atoms with Crippen molar-refractivity contribution in [1.82, 2.24) is 15.2 Å². The Bertz CT molecular complexity index is 901. The second kappa shape index (κ2) is 14.2. The summed E-state index contributed by atoms with van der Waals surface area (Å²) in [5, 5.41) is 7.71. The number of hydrogen-bond donors (Lipinski definition) is 2. The Morgan fingerprint density at radius 3 is 2.52 bits per heavy atom. The Labute approximate surface area is 198 Å². The molecular formula is C23H32N4O5S. The van der Waals surface area contributed by atoms with E-state index in [0.717, 1.165) is 19.3 Å². The Morgan fingerprint density at radius 1 is 1.09 bits per heavy atom. The largest absolute Gasteiger partial charge is 0.497 e. The third kappa shape index (κ3) is 9.19. The van der Waals surface area contributed by atoms with Gasteiger partial charge in [0.05, 0.1) is 25.8 Å². The van der Waals surface area contributed by atoms with Gasteiger partial charge in [-0.3, -0.25) is 14.4 Å². The molecule has 0 aliphatic carbocycles. The number of amides is 3. The highest BCUT2D eigenvalue weighted by molar-refractivity contribution is 7.13. The average molecular weight is 477 g/mol. The fourth-order valence-corrected chi connectivity index (χ4v) is 3.70. The van der Waals surface area contributed by atoms with Gasteiger partial charge in [-0.05, 0) is 30.7 Å². The molecule has 1 aromatic heterocycles. The highest BCUT2D eigenvalue weighted by atomic mass is 32.1. The topological polar surface area (TPSA) is 110 Å². The molecule has 2 rings (SSSR count). The van der Waals surface area contributed by atoms with Gasteiger partial charge in [0.1, 0.15) is 12.3 Å². The minimum Gasteiger partial charge on any atom is -0.497 e. The summed E-state index contributed by atoms with van der Waals surface area (Å²) >= 11 is 1.24. The Hall–Kier alpha value is -2.98. The fraction of sp³-hybridized carbons (Fsp3) is 0.478. The maximum Gasteiger partial charge on any atom is 0.254 e. The molecule has 0 aliphatic rings. The number of unbranched alkanes of at least 4 members (excludes halogenated alkanes) is 2. The van der Waals surface area contributed by atoms with Crippen molar-refractivity contribution >= 4 is 34.2 Å². The molecule has 1 aromatic carbocycles. The molecule has 3 amide bonds. The minimum absolute atomic E-state index is 0.0925. The third-order valence-corrected chi connectivity index (χ3v) is 5.57. The van der Waals surface area contributed by atoms with Crippen LogP contribution in [0.1, 0.15) is 42.2 Å². The predicted octanol–water partition coefficient (Wildman–Crippen LogP) is 2.73. The molecule has 9 nitrogen and oxygen atoms in total. The highest BCUT2D eigenvalue weighted by Gasteiger charge is 2.20.